The highest BCUT2D eigenvalue weighted by atomic mass is 35.5. The van der Waals surface area contributed by atoms with Crippen LogP contribution in [0.25, 0.3) is 0 Å². The molecule has 1 fully saturated rings. The van der Waals surface area contributed by atoms with E-state index in [2.05, 4.69) is 10.2 Å². The summed E-state index contributed by atoms with van der Waals surface area (Å²) in [5.41, 5.74) is 0.376. The highest BCUT2D eigenvalue weighted by Crippen LogP contribution is 2.29. The Morgan fingerprint density at radius 2 is 1.87 bits per heavy atom. The molecule has 0 radical (unpaired) electrons. The molecule has 0 spiro atoms. The van der Waals surface area contributed by atoms with E-state index in [1.165, 1.54) is 4.31 Å². The van der Waals surface area contributed by atoms with Crippen molar-refractivity contribution >= 4 is 44.8 Å². The Morgan fingerprint density at radius 3 is 2.52 bits per heavy atom. The number of halogens is 2. The van der Waals surface area contributed by atoms with Gasteiger partial charge in [0.2, 0.25) is 15.9 Å². The summed E-state index contributed by atoms with van der Waals surface area (Å²) < 4.78 is 25.9. The molecule has 0 aromatic heterocycles. The van der Waals surface area contributed by atoms with Crippen molar-refractivity contribution in [2.24, 2.45) is 0 Å². The summed E-state index contributed by atoms with van der Waals surface area (Å²) in [7, 11) is -1.48. The second-order valence-corrected chi connectivity index (χ2v) is 8.29. The Morgan fingerprint density at radius 1 is 1.22 bits per heavy atom. The highest BCUT2D eigenvalue weighted by molar-refractivity contribution is 7.89. The molecule has 0 atom stereocenters. The molecule has 2 rings (SSSR count). The van der Waals surface area contributed by atoms with Gasteiger partial charge in [-0.05, 0) is 19.2 Å². The second kappa shape index (κ2) is 7.81. The third kappa shape index (κ3) is 5.06. The normalized spacial score (nSPS) is 17.2. The van der Waals surface area contributed by atoms with Gasteiger partial charge in [0.05, 0.1) is 21.5 Å². The molecule has 0 bridgehead atoms. The molecule has 1 aliphatic rings. The molecule has 1 aromatic rings. The van der Waals surface area contributed by atoms with Gasteiger partial charge in [0, 0.05) is 32.6 Å². The molecular weight excluding hydrogens is 361 g/mol. The molecule has 1 amide bonds. The number of piperazine rings is 1. The fraction of sp³-hybridized carbons (Fsp3) is 0.500. The minimum absolute atomic E-state index is 0.127. The first-order valence-electron chi connectivity index (χ1n) is 7.20. The quantitative estimate of drug-likeness (QED) is 0.847. The zero-order chi connectivity index (χ0) is 17.0. The SMILES string of the molecule is CN1CCN(S(=O)(=O)CCC(=O)Nc2cccc(Cl)c2Cl)CC1. The van der Waals surface area contributed by atoms with E-state index in [1.54, 1.807) is 18.2 Å². The lowest BCUT2D eigenvalue weighted by atomic mass is 10.3. The topological polar surface area (TPSA) is 69.7 Å². The van der Waals surface area contributed by atoms with Crippen LogP contribution in [0.4, 0.5) is 5.69 Å². The van der Waals surface area contributed by atoms with E-state index in [1.807, 2.05) is 7.05 Å². The monoisotopic (exact) mass is 379 g/mol. The van der Waals surface area contributed by atoms with Gasteiger partial charge >= 0.3 is 0 Å². The first kappa shape index (κ1) is 18.5. The number of hydrogen-bond donors (Lipinski definition) is 1. The number of nitrogens with one attached hydrogen (secondary N) is 1. The molecule has 1 aliphatic heterocycles. The van der Waals surface area contributed by atoms with Gasteiger partial charge in [0.25, 0.3) is 0 Å². The summed E-state index contributed by atoms with van der Waals surface area (Å²) in [6.45, 7) is 2.31. The Hall–Kier alpha value is -0.860. The van der Waals surface area contributed by atoms with Crippen LogP contribution in [-0.4, -0.2) is 62.5 Å². The van der Waals surface area contributed by atoms with Gasteiger partial charge in [-0.2, -0.15) is 4.31 Å². The zero-order valence-electron chi connectivity index (χ0n) is 12.8. The number of likely N-dealkylation sites (N-methyl/N-ethyl adjacent to an activating group) is 1. The number of anilines is 1. The Kier molecular flexibility index (Phi) is 6.27. The van der Waals surface area contributed by atoms with Crippen LogP contribution in [0.1, 0.15) is 6.42 Å². The number of nitrogens with zero attached hydrogens (tertiary/aromatic N) is 2. The van der Waals surface area contributed by atoms with E-state index >= 15 is 0 Å². The summed E-state index contributed by atoms with van der Waals surface area (Å²) in [5, 5.41) is 3.16. The van der Waals surface area contributed by atoms with Crippen LogP contribution < -0.4 is 5.32 Å². The first-order chi connectivity index (χ1) is 10.8. The van der Waals surface area contributed by atoms with E-state index in [-0.39, 0.29) is 17.2 Å². The number of carbonyl (C=O) groups excluding carboxylic acids is 1. The van der Waals surface area contributed by atoms with Crippen LogP contribution in [-0.2, 0) is 14.8 Å². The second-order valence-electron chi connectivity index (χ2n) is 5.42. The number of benzene rings is 1. The number of carbonyl (C=O) groups is 1. The van der Waals surface area contributed by atoms with Gasteiger partial charge in [-0.15, -0.1) is 0 Å². The Balaban J connectivity index is 1.89. The van der Waals surface area contributed by atoms with Crippen molar-refractivity contribution in [3.05, 3.63) is 28.2 Å². The van der Waals surface area contributed by atoms with Gasteiger partial charge < -0.3 is 10.2 Å². The molecular formula is C14H19Cl2N3O3S. The molecule has 128 valence electrons. The van der Waals surface area contributed by atoms with Crippen LogP contribution in [0.2, 0.25) is 10.0 Å². The average Bonchev–Trinajstić information content (AvgIpc) is 2.50. The van der Waals surface area contributed by atoms with Crippen molar-refractivity contribution in [2.75, 3.05) is 44.3 Å². The minimum atomic E-state index is -3.43. The predicted octanol–water partition coefficient (Wildman–Crippen LogP) is 1.90. The maximum absolute atomic E-state index is 12.3. The van der Waals surface area contributed by atoms with E-state index in [4.69, 9.17) is 23.2 Å². The minimum Gasteiger partial charge on any atom is -0.325 e. The van der Waals surface area contributed by atoms with Crippen molar-refractivity contribution in [1.82, 2.24) is 9.21 Å². The fourth-order valence-electron chi connectivity index (χ4n) is 2.23. The summed E-state index contributed by atoms with van der Waals surface area (Å²) in [5.74, 6) is -0.632. The molecule has 1 aromatic carbocycles. The molecule has 1 heterocycles. The summed E-state index contributed by atoms with van der Waals surface area (Å²) in [6, 6.07) is 4.88. The van der Waals surface area contributed by atoms with E-state index in [0.717, 1.165) is 0 Å². The van der Waals surface area contributed by atoms with Crippen LogP contribution in [0.5, 0.6) is 0 Å². The van der Waals surface area contributed by atoms with Crippen molar-refractivity contribution in [2.45, 2.75) is 6.42 Å². The van der Waals surface area contributed by atoms with Crippen molar-refractivity contribution in [3.8, 4) is 0 Å². The number of rotatable bonds is 5. The van der Waals surface area contributed by atoms with Gasteiger partial charge in [0.15, 0.2) is 0 Å². The lowest BCUT2D eigenvalue weighted by Crippen LogP contribution is -2.48. The van der Waals surface area contributed by atoms with Gasteiger partial charge in [-0.25, -0.2) is 8.42 Å². The van der Waals surface area contributed by atoms with Crippen LogP contribution in [0.15, 0.2) is 18.2 Å². The predicted molar refractivity (Wildman–Crippen MR) is 92.6 cm³/mol. The van der Waals surface area contributed by atoms with E-state index in [0.29, 0.717) is 36.9 Å². The fourth-order valence-corrected chi connectivity index (χ4v) is 4.00. The first-order valence-corrected chi connectivity index (χ1v) is 9.56. The van der Waals surface area contributed by atoms with Crippen LogP contribution >= 0.6 is 23.2 Å². The lowest BCUT2D eigenvalue weighted by Gasteiger charge is -2.31. The molecule has 23 heavy (non-hydrogen) atoms. The molecule has 1 saturated heterocycles. The lowest BCUT2D eigenvalue weighted by molar-refractivity contribution is -0.115. The molecule has 0 saturated carbocycles. The van der Waals surface area contributed by atoms with Crippen molar-refractivity contribution in [3.63, 3.8) is 0 Å². The smallest absolute Gasteiger partial charge is 0.225 e. The maximum atomic E-state index is 12.3. The molecule has 1 N–H and O–H groups in total. The summed E-state index contributed by atoms with van der Waals surface area (Å²) in [6.07, 6.45) is -0.127. The highest BCUT2D eigenvalue weighted by Gasteiger charge is 2.26. The molecule has 0 aliphatic carbocycles. The van der Waals surface area contributed by atoms with Crippen LogP contribution in [0.3, 0.4) is 0 Å². The number of hydrogen-bond acceptors (Lipinski definition) is 4. The number of sulfonamides is 1. The van der Waals surface area contributed by atoms with Crippen LogP contribution in [0, 0.1) is 0 Å². The van der Waals surface area contributed by atoms with Crippen molar-refractivity contribution in [1.29, 1.82) is 0 Å². The van der Waals surface area contributed by atoms with Crippen molar-refractivity contribution < 1.29 is 13.2 Å². The summed E-state index contributed by atoms with van der Waals surface area (Å²) >= 11 is 11.9. The zero-order valence-corrected chi connectivity index (χ0v) is 15.1. The van der Waals surface area contributed by atoms with E-state index < -0.39 is 15.9 Å². The molecule has 6 nitrogen and oxygen atoms in total. The third-order valence-electron chi connectivity index (χ3n) is 3.67. The van der Waals surface area contributed by atoms with Gasteiger partial charge in [0.1, 0.15) is 0 Å². The maximum Gasteiger partial charge on any atom is 0.225 e. The van der Waals surface area contributed by atoms with Gasteiger partial charge in [-0.3, -0.25) is 4.79 Å². The Labute approximate surface area is 146 Å². The van der Waals surface area contributed by atoms with Gasteiger partial charge in [-0.1, -0.05) is 29.3 Å². The third-order valence-corrected chi connectivity index (χ3v) is 6.36. The largest absolute Gasteiger partial charge is 0.325 e. The summed E-state index contributed by atoms with van der Waals surface area (Å²) in [4.78, 5) is 14.0. The standard InChI is InChI=1S/C14H19Cl2N3O3S/c1-18-6-8-19(9-7-18)23(21,22)10-5-13(20)17-12-4-2-3-11(15)14(12)16/h2-4H,5-10H2,1H3,(H,17,20). The molecule has 0 unspecified atom stereocenters. The molecule has 9 heteroatoms. The number of amides is 1. The van der Waals surface area contributed by atoms with E-state index in [9.17, 15) is 13.2 Å². The Bertz CT molecular complexity index is 674. The average molecular weight is 380 g/mol.